The van der Waals surface area contributed by atoms with Crippen LogP contribution in [0.1, 0.15) is 5.56 Å². The zero-order valence-electron chi connectivity index (χ0n) is 10.5. The summed E-state index contributed by atoms with van der Waals surface area (Å²) in [6.45, 7) is 5.64. The van der Waals surface area contributed by atoms with Gasteiger partial charge in [-0.1, -0.05) is 17.7 Å². The maximum Gasteiger partial charge on any atom is 0.279 e. The van der Waals surface area contributed by atoms with Crippen LogP contribution in [0.15, 0.2) is 18.2 Å². The average molecular weight is 270 g/mol. The SMILES string of the molecule is Cc1c(Cl)cccc1NC(=O)C[NH+]1CCOCC1. The molecule has 18 heavy (non-hydrogen) atoms. The number of nitrogens with one attached hydrogen (secondary N) is 2. The summed E-state index contributed by atoms with van der Waals surface area (Å²) >= 11 is 6.02. The summed E-state index contributed by atoms with van der Waals surface area (Å²) < 4.78 is 5.26. The number of quaternary nitrogens is 1. The number of hydrogen-bond donors (Lipinski definition) is 2. The molecule has 4 nitrogen and oxygen atoms in total. The van der Waals surface area contributed by atoms with Gasteiger partial charge < -0.3 is 15.0 Å². The van der Waals surface area contributed by atoms with Crippen LogP contribution in [-0.2, 0) is 9.53 Å². The molecular formula is C13H18ClN2O2+. The van der Waals surface area contributed by atoms with Crippen molar-refractivity contribution < 1.29 is 14.4 Å². The molecule has 0 spiro atoms. The van der Waals surface area contributed by atoms with Crippen LogP contribution in [-0.4, -0.2) is 38.8 Å². The maximum atomic E-state index is 11.9. The van der Waals surface area contributed by atoms with Crippen LogP contribution < -0.4 is 10.2 Å². The number of rotatable bonds is 3. The van der Waals surface area contributed by atoms with Crippen molar-refractivity contribution in [1.29, 1.82) is 0 Å². The van der Waals surface area contributed by atoms with E-state index in [4.69, 9.17) is 16.3 Å². The monoisotopic (exact) mass is 269 g/mol. The molecule has 1 aromatic carbocycles. The lowest BCUT2D eigenvalue weighted by Crippen LogP contribution is -3.15. The molecule has 98 valence electrons. The largest absolute Gasteiger partial charge is 0.370 e. The number of halogens is 1. The van der Waals surface area contributed by atoms with E-state index in [0.717, 1.165) is 37.6 Å². The van der Waals surface area contributed by atoms with Gasteiger partial charge in [-0.3, -0.25) is 4.79 Å². The Morgan fingerprint density at radius 2 is 2.17 bits per heavy atom. The van der Waals surface area contributed by atoms with E-state index >= 15 is 0 Å². The van der Waals surface area contributed by atoms with E-state index in [1.165, 1.54) is 4.90 Å². The molecule has 1 aliphatic rings. The highest BCUT2D eigenvalue weighted by molar-refractivity contribution is 6.31. The fraction of sp³-hybridized carbons (Fsp3) is 0.462. The van der Waals surface area contributed by atoms with Crippen LogP contribution in [0.2, 0.25) is 5.02 Å². The third kappa shape index (κ3) is 3.45. The number of carbonyl (C=O) groups is 1. The van der Waals surface area contributed by atoms with Crippen LogP contribution in [0.25, 0.3) is 0 Å². The Morgan fingerprint density at radius 1 is 1.44 bits per heavy atom. The van der Waals surface area contributed by atoms with E-state index in [-0.39, 0.29) is 5.91 Å². The van der Waals surface area contributed by atoms with Gasteiger partial charge in [-0.2, -0.15) is 0 Å². The molecule has 5 heteroatoms. The first-order chi connectivity index (χ1) is 8.66. The molecule has 1 amide bonds. The van der Waals surface area contributed by atoms with Crippen molar-refractivity contribution in [3.05, 3.63) is 28.8 Å². The molecule has 0 saturated carbocycles. The van der Waals surface area contributed by atoms with Crippen molar-refractivity contribution in [2.75, 3.05) is 38.2 Å². The molecule has 1 fully saturated rings. The molecule has 0 aliphatic carbocycles. The Morgan fingerprint density at radius 3 is 2.89 bits per heavy atom. The Balaban J connectivity index is 1.92. The number of benzene rings is 1. The smallest absolute Gasteiger partial charge is 0.279 e. The quantitative estimate of drug-likeness (QED) is 0.839. The second-order valence-electron chi connectivity index (χ2n) is 4.50. The van der Waals surface area contributed by atoms with Crippen LogP contribution in [0, 0.1) is 6.92 Å². The van der Waals surface area contributed by atoms with E-state index in [0.29, 0.717) is 11.6 Å². The van der Waals surface area contributed by atoms with Crippen LogP contribution in [0.4, 0.5) is 5.69 Å². The van der Waals surface area contributed by atoms with E-state index in [1.807, 2.05) is 25.1 Å². The lowest BCUT2D eigenvalue weighted by atomic mass is 10.2. The molecule has 1 aromatic rings. The third-order valence-electron chi connectivity index (χ3n) is 3.15. The fourth-order valence-electron chi connectivity index (χ4n) is 2.00. The van der Waals surface area contributed by atoms with Gasteiger partial charge in [0.2, 0.25) is 0 Å². The predicted octanol–water partition coefficient (Wildman–Crippen LogP) is 0.502. The minimum Gasteiger partial charge on any atom is -0.370 e. The lowest BCUT2D eigenvalue weighted by Gasteiger charge is -2.23. The van der Waals surface area contributed by atoms with Gasteiger partial charge in [0.15, 0.2) is 6.54 Å². The maximum absolute atomic E-state index is 11.9. The minimum absolute atomic E-state index is 0.0252. The van der Waals surface area contributed by atoms with Gasteiger partial charge in [-0.05, 0) is 24.6 Å². The molecular weight excluding hydrogens is 252 g/mol. The molecule has 0 aromatic heterocycles. The van der Waals surface area contributed by atoms with Crippen LogP contribution in [0.5, 0.6) is 0 Å². The molecule has 0 radical (unpaired) electrons. The summed E-state index contributed by atoms with van der Waals surface area (Å²) in [6.07, 6.45) is 0. The Labute approximate surface area is 112 Å². The van der Waals surface area contributed by atoms with Gasteiger partial charge in [-0.15, -0.1) is 0 Å². The molecule has 1 heterocycles. The Kier molecular flexibility index (Phi) is 4.58. The van der Waals surface area contributed by atoms with Gasteiger partial charge in [0.05, 0.1) is 13.2 Å². The van der Waals surface area contributed by atoms with E-state index in [2.05, 4.69) is 5.32 Å². The molecule has 2 rings (SSSR count). The summed E-state index contributed by atoms with van der Waals surface area (Å²) in [6, 6.07) is 5.53. The summed E-state index contributed by atoms with van der Waals surface area (Å²) in [5, 5.41) is 3.59. The summed E-state index contributed by atoms with van der Waals surface area (Å²) in [5.41, 5.74) is 1.70. The fourth-order valence-corrected chi connectivity index (χ4v) is 2.18. The Bertz CT molecular complexity index is 431. The van der Waals surface area contributed by atoms with Crippen molar-refractivity contribution in [2.45, 2.75) is 6.92 Å². The van der Waals surface area contributed by atoms with Gasteiger partial charge in [0, 0.05) is 10.7 Å². The molecule has 2 N–H and O–H groups in total. The second-order valence-corrected chi connectivity index (χ2v) is 4.91. The zero-order chi connectivity index (χ0) is 13.0. The number of carbonyl (C=O) groups excluding carboxylic acids is 1. The highest BCUT2D eigenvalue weighted by atomic mass is 35.5. The van der Waals surface area contributed by atoms with Gasteiger partial charge in [0.25, 0.3) is 5.91 Å². The summed E-state index contributed by atoms with van der Waals surface area (Å²) in [5.74, 6) is 0.0252. The number of hydrogen-bond acceptors (Lipinski definition) is 2. The van der Waals surface area contributed by atoms with Crippen molar-refractivity contribution in [2.24, 2.45) is 0 Å². The highest BCUT2D eigenvalue weighted by Gasteiger charge is 2.18. The lowest BCUT2D eigenvalue weighted by molar-refractivity contribution is -0.899. The van der Waals surface area contributed by atoms with Gasteiger partial charge in [0.1, 0.15) is 13.1 Å². The van der Waals surface area contributed by atoms with Crippen molar-refractivity contribution in [3.8, 4) is 0 Å². The van der Waals surface area contributed by atoms with Crippen LogP contribution >= 0.6 is 11.6 Å². The molecule has 0 unspecified atom stereocenters. The van der Waals surface area contributed by atoms with Crippen molar-refractivity contribution >= 4 is 23.2 Å². The number of ether oxygens (including phenoxy) is 1. The van der Waals surface area contributed by atoms with E-state index < -0.39 is 0 Å². The van der Waals surface area contributed by atoms with Crippen molar-refractivity contribution in [1.82, 2.24) is 0 Å². The second kappa shape index (κ2) is 6.18. The number of anilines is 1. The molecule has 1 aliphatic heterocycles. The summed E-state index contributed by atoms with van der Waals surface area (Å²) in [7, 11) is 0. The van der Waals surface area contributed by atoms with E-state index in [9.17, 15) is 4.79 Å². The number of morpholine rings is 1. The first-order valence-corrected chi connectivity index (χ1v) is 6.51. The first kappa shape index (κ1) is 13.3. The third-order valence-corrected chi connectivity index (χ3v) is 3.56. The van der Waals surface area contributed by atoms with Gasteiger partial charge in [-0.25, -0.2) is 0 Å². The Hall–Kier alpha value is -1.10. The zero-order valence-corrected chi connectivity index (χ0v) is 11.2. The molecule has 1 saturated heterocycles. The first-order valence-electron chi connectivity index (χ1n) is 6.13. The predicted molar refractivity (Wildman–Crippen MR) is 71.2 cm³/mol. The molecule has 0 bridgehead atoms. The number of amides is 1. The average Bonchev–Trinajstić information content (AvgIpc) is 2.36. The van der Waals surface area contributed by atoms with Gasteiger partial charge >= 0.3 is 0 Å². The standard InChI is InChI=1S/C13H17ClN2O2/c1-10-11(14)3-2-4-12(10)15-13(17)9-16-5-7-18-8-6-16/h2-4H,5-9H2,1H3,(H,15,17)/p+1. The normalized spacial score (nSPS) is 16.6. The van der Waals surface area contributed by atoms with Crippen LogP contribution in [0.3, 0.4) is 0 Å². The molecule has 0 atom stereocenters. The van der Waals surface area contributed by atoms with E-state index in [1.54, 1.807) is 0 Å². The van der Waals surface area contributed by atoms with Crippen molar-refractivity contribution in [3.63, 3.8) is 0 Å². The highest BCUT2D eigenvalue weighted by Crippen LogP contribution is 2.22. The topological polar surface area (TPSA) is 42.8 Å². The summed E-state index contributed by atoms with van der Waals surface area (Å²) in [4.78, 5) is 13.2. The minimum atomic E-state index is 0.0252.